The molecular weight excluding hydrogens is 417 g/mol. The van der Waals surface area contributed by atoms with Crippen LogP contribution in [0.3, 0.4) is 0 Å². The number of rotatable bonds is 6. The van der Waals surface area contributed by atoms with Crippen LogP contribution < -0.4 is 15.4 Å². The van der Waals surface area contributed by atoms with Crippen molar-refractivity contribution in [2.75, 3.05) is 12.4 Å². The van der Waals surface area contributed by atoms with Gasteiger partial charge in [0.15, 0.2) is 5.78 Å². The number of ether oxygens (including phenoxy) is 1. The van der Waals surface area contributed by atoms with Crippen molar-refractivity contribution in [3.8, 4) is 5.75 Å². The maximum Gasteiger partial charge on any atom is 0.320 e. The zero-order valence-corrected chi connectivity index (χ0v) is 16.5. The minimum atomic E-state index is -0.441. The average molecular weight is 436 g/mol. The number of amides is 2. The van der Waals surface area contributed by atoms with Crippen LogP contribution in [0.4, 0.5) is 15.0 Å². The maximum absolute atomic E-state index is 14.4. The first-order chi connectivity index (χ1) is 12.9. The summed E-state index contributed by atoms with van der Waals surface area (Å²) in [6, 6.07) is 5.49. The van der Waals surface area contributed by atoms with Crippen molar-refractivity contribution in [2.45, 2.75) is 31.7 Å². The van der Waals surface area contributed by atoms with E-state index < -0.39 is 11.8 Å². The molecule has 0 bridgehead atoms. The van der Waals surface area contributed by atoms with Crippen LogP contribution >= 0.6 is 15.9 Å². The van der Waals surface area contributed by atoms with E-state index >= 15 is 0 Å². The van der Waals surface area contributed by atoms with Crippen LogP contribution in [0.25, 0.3) is 0 Å². The highest BCUT2D eigenvalue weighted by Crippen LogP contribution is 2.47. The van der Waals surface area contributed by atoms with Gasteiger partial charge in [-0.1, -0.05) is 6.92 Å². The number of hydrogen-bond donors (Lipinski definition) is 2. The van der Waals surface area contributed by atoms with E-state index in [2.05, 4.69) is 31.5 Å². The lowest BCUT2D eigenvalue weighted by Crippen LogP contribution is -2.31. The van der Waals surface area contributed by atoms with Gasteiger partial charge in [-0.15, -0.1) is 0 Å². The molecule has 1 aromatic heterocycles. The van der Waals surface area contributed by atoms with Crippen LogP contribution in [0.1, 0.15) is 41.6 Å². The number of nitrogens with zero attached hydrogens (tertiary/aromatic N) is 1. The van der Waals surface area contributed by atoms with Crippen molar-refractivity contribution in [1.82, 2.24) is 10.3 Å². The number of hydrogen-bond acceptors (Lipinski definition) is 4. The van der Waals surface area contributed by atoms with E-state index in [0.717, 1.165) is 4.47 Å². The summed E-state index contributed by atoms with van der Waals surface area (Å²) in [5, 5.41) is 5.43. The van der Waals surface area contributed by atoms with Gasteiger partial charge in [-0.3, -0.25) is 10.1 Å². The number of urea groups is 1. The monoisotopic (exact) mass is 435 g/mol. The van der Waals surface area contributed by atoms with E-state index in [0.29, 0.717) is 29.8 Å². The highest BCUT2D eigenvalue weighted by Gasteiger charge is 2.43. The molecule has 3 rings (SSSR count). The van der Waals surface area contributed by atoms with Crippen LogP contribution in [0, 0.1) is 5.82 Å². The Kier molecular flexibility index (Phi) is 5.74. The van der Waals surface area contributed by atoms with Gasteiger partial charge in [-0.25, -0.2) is 14.2 Å². The smallest absolute Gasteiger partial charge is 0.320 e. The molecule has 2 atom stereocenters. The van der Waals surface area contributed by atoms with E-state index in [1.807, 2.05) is 0 Å². The molecule has 1 aliphatic carbocycles. The molecule has 0 spiro atoms. The lowest BCUT2D eigenvalue weighted by atomic mass is 10.00. The van der Waals surface area contributed by atoms with Gasteiger partial charge in [0.25, 0.3) is 0 Å². The van der Waals surface area contributed by atoms with E-state index in [9.17, 15) is 14.0 Å². The fourth-order valence-electron chi connectivity index (χ4n) is 3.00. The number of pyridine rings is 1. The molecule has 0 radical (unpaired) electrons. The van der Waals surface area contributed by atoms with E-state index in [1.54, 1.807) is 25.3 Å². The third kappa shape index (κ3) is 4.27. The minimum Gasteiger partial charge on any atom is -0.496 e. The molecule has 0 saturated heterocycles. The van der Waals surface area contributed by atoms with Gasteiger partial charge in [-0.2, -0.15) is 0 Å². The Bertz CT molecular complexity index is 873. The summed E-state index contributed by atoms with van der Waals surface area (Å²) >= 11 is 3.27. The second kappa shape index (κ2) is 8.04. The zero-order valence-electron chi connectivity index (χ0n) is 14.9. The molecule has 2 aromatic rings. The molecule has 1 aliphatic rings. The topological polar surface area (TPSA) is 80.3 Å². The lowest BCUT2D eigenvalue weighted by molar-refractivity contribution is 0.0985. The Labute approximate surface area is 164 Å². The maximum atomic E-state index is 14.4. The van der Waals surface area contributed by atoms with Crippen molar-refractivity contribution in [2.24, 2.45) is 0 Å². The summed E-state index contributed by atoms with van der Waals surface area (Å²) in [5.74, 6) is -0.132. The predicted octanol–water partition coefficient (Wildman–Crippen LogP) is 4.26. The molecule has 2 N–H and O–H groups in total. The number of benzene rings is 1. The molecule has 2 unspecified atom stereocenters. The standard InChI is InChI=1S/C19H19BrFN3O3/c1-3-15(25)11-5-6-13(21)17(18(11)27-2)12-8-14(12)23-19(26)24-16-7-4-10(20)9-22-16/h4-7,9,12,14H,3,8H2,1-2H3,(H2,22,23,24,26). The van der Waals surface area contributed by atoms with Crippen LogP contribution in [-0.2, 0) is 0 Å². The number of anilines is 1. The molecular formula is C19H19BrFN3O3. The molecule has 142 valence electrons. The Balaban J connectivity index is 1.71. The van der Waals surface area contributed by atoms with Crippen molar-refractivity contribution in [3.05, 3.63) is 51.9 Å². The third-order valence-corrected chi connectivity index (χ3v) is 4.88. The number of ketones is 1. The van der Waals surface area contributed by atoms with E-state index in [4.69, 9.17) is 4.74 Å². The van der Waals surface area contributed by atoms with Gasteiger partial charge in [0, 0.05) is 34.6 Å². The lowest BCUT2D eigenvalue weighted by Gasteiger charge is -2.14. The van der Waals surface area contributed by atoms with Gasteiger partial charge in [-0.05, 0) is 46.6 Å². The third-order valence-electron chi connectivity index (χ3n) is 4.42. The SMILES string of the molecule is CCC(=O)c1ccc(F)c(C2CC2NC(=O)Nc2ccc(Br)cn2)c1OC. The summed E-state index contributed by atoms with van der Waals surface area (Å²) in [7, 11) is 1.42. The van der Waals surface area contributed by atoms with Gasteiger partial charge < -0.3 is 10.1 Å². The predicted molar refractivity (Wildman–Crippen MR) is 103 cm³/mol. The molecule has 1 fully saturated rings. The van der Waals surface area contributed by atoms with Crippen LogP contribution in [-0.4, -0.2) is 29.9 Å². The quantitative estimate of drug-likeness (QED) is 0.664. The number of methoxy groups -OCH3 is 1. The highest BCUT2D eigenvalue weighted by molar-refractivity contribution is 9.10. The Hall–Kier alpha value is -2.48. The first-order valence-electron chi connectivity index (χ1n) is 8.53. The number of halogens is 2. The van der Waals surface area contributed by atoms with Crippen LogP contribution in [0.5, 0.6) is 5.75 Å². The number of carbonyl (C=O) groups is 2. The van der Waals surface area contributed by atoms with Crippen LogP contribution in [0.15, 0.2) is 34.9 Å². The van der Waals surface area contributed by atoms with Crippen molar-refractivity contribution >= 4 is 33.6 Å². The highest BCUT2D eigenvalue weighted by atomic mass is 79.9. The summed E-state index contributed by atoms with van der Waals surface area (Å²) < 4.78 is 20.6. The van der Waals surface area contributed by atoms with Crippen molar-refractivity contribution in [1.29, 1.82) is 0 Å². The molecule has 2 amide bonds. The molecule has 1 aromatic carbocycles. The Morgan fingerprint density at radius 3 is 2.74 bits per heavy atom. The van der Waals surface area contributed by atoms with Crippen molar-refractivity contribution in [3.63, 3.8) is 0 Å². The fourth-order valence-corrected chi connectivity index (χ4v) is 3.23. The summed E-state index contributed by atoms with van der Waals surface area (Å²) in [6.45, 7) is 1.74. The summed E-state index contributed by atoms with van der Waals surface area (Å²) in [6.07, 6.45) is 2.45. The first kappa shape index (κ1) is 19.3. The Morgan fingerprint density at radius 1 is 1.33 bits per heavy atom. The molecule has 1 saturated carbocycles. The molecule has 1 heterocycles. The largest absolute Gasteiger partial charge is 0.496 e. The van der Waals surface area contributed by atoms with Gasteiger partial charge in [0.2, 0.25) is 0 Å². The number of carbonyl (C=O) groups excluding carboxylic acids is 2. The second-order valence-electron chi connectivity index (χ2n) is 6.23. The minimum absolute atomic E-state index is 0.114. The molecule has 27 heavy (non-hydrogen) atoms. The fraction of sp³-hybridized carbons (Fsp3) is 0.316. The van der Waals surface area contributed by atoms with Gasteiger partial charge in [0.05, 0.1) is 12.7 Å². The normalized spacial score (nSPS) is 17.9. The summed E-state index contributed by atoms with van der Waals surface area (Å²) in [5.41, 5.74) is 0.703. The second-order valence-corrected chi connectivity index (χ2v) is 7.14. The zero-order chi connectivity index (χ0) is 19.6. The Morgan fingerprint density at radius 2 is 2.11 bits per heavy atom. The van der Waals surface area contributed by atoms with Gasteiger partial charge >= 0.3 is 6.03 Å². The molecule has 8 heteroatoms. The average Bonchev–Trinajstić information content (AvgIpc) is 3.40. The van der Waals surface area contributed by atoms with Crippen molar-refractivity contribution < 1.29 is 18.7 Å². The number of aromatic nitrogens is 1. The summed E-state index contributed by atoms with van der Waals surface area (Å²) in [4.78, 5) is 28.3. The number of Topliss-reactive ketones (excluding diaryl/α,β-unsaturated/α-hetero) is 1. The first-order valence-corrected chi connectivity index (χ1v) is 9.32. The van der Waals surface area contributed by atoms with Crippen LogP contribution in [0.2, 0.25) is 0 Å². The van der Waals surface area contributed by atoms with Gasteiger partial charge in [0.1, 0.15) is 17.4 Å². The molecule has 0 aliphatic heterocycles. The van der Waals surface area contributed by atoms with E-state index in [1.165, 1.54) is 19.2 Å². The van der Waals surface area contributed by atoms with E-state index in [-0.39, 0.29) is 23.5 Å². The number of nitrogens with one attached hydrogen (secondary N) is 2. The molecule has 6 nitrogen and oxygen atoms in total.